The van der Waals surface area contributed by atoms with E-state index in [1.807, 2.05) is 60.0 Å². The van der Waals surface area contributed by atoms with Crippen LogP contribution in [0.15, 0.2) is 59.0 Å². The molecule has 0 radical (unpaired) electrons. The summed E-state index contributed by atoms with van der Waals surface area (Å²) in [5.74, 6) is 0.0379. The molecule has 50 heavy (non-hydrogen) atoms. The van der Waals surface area contributed by atoms with E-state index < -0.39 is 38.7 Å². The number of fused-ring (bicyclic) bond motifs is 2. The predicted octanol–water partition coefficient (Wildman–Crippen LogP) is 6.23. The summed E-state index contributed by atoms with van der Waals surface area (Å²) in [6.07, 6.45) is -1.69. The van der Waals surface area contributed by atoms with Gasteiger partial charge in [-0.2, -0.15) is 9.35 Å². The summed E-state index contributed by atoms with van der Waals surface area (Å²) in [6, 6.07) is 19.1. The van der Waals surface area contributed by atoms with Crippen LogP contribution in [0.5, 0.6) is 6.01 Å². The quantitative estimate of drug-likeness (QED) is 0.133. The summed E-state index contributed by atoms with van der Waals surface area (Å²) in [6.45, 7) is 10.8. The molecule has 4 aromatic rings. The average molecular weight is 736 g/mol. The number of rotatable bonds is 12. The van der Waals surface area contributed by atoms with Crippen molar-refractivity contribution in [3.05, 3.63) is 65.2 Å². The van der Waals surface area contributed by atoms with Crippen LogP contribution in [-0.4, -0.2) is 89.3 Å². The highest BCUT2D eigenvalue weighted by Crippen LogP contribution is 2.38. The zero-order valence-electron chi connectivity index (χ0n) is 28.6. The van der Waals surface area contributed by atoms with Crippen molar-refractivity contribution in [2.24, 2.45) is 10.3 Å². The lowest BCUT2D eigenvalue weighted by atomic mass is 9.96. The largest absolute Gasteiger partial charge is 0.456 e. The standard InChI is InChI=1S/C36H42ClN5O6SSi/c1-21-13-14-41(35(21)44)33(40-49)25-8-6-5-7-24(25)22-9-11-23(12-10-22)30-26(37)17-27-34(39-30)42(20-45-15-16-50(2,3)4)36(38-27)48-29-19-47-31-28(43)18-46-32(29)31/h5-12,17,21,28-29,31-33,43H,13-16,18-20H2,1-4H3/t21?,28-,29-,31-,32-,33?/m1/s1. The van der Waals surface area contributed by atoms with Gasteiger partial charge in [-0.05, 0) is 29.7 Å². The Morgan fingerprint density at radius 3 is 2.54 bits per heavy atom. The van der Waals surface area contributed by atoms with E-state index in [4.69, 9.17) is 52.9 Å². The molecule has 264 valence electrons. The number of benzene rings is 2. The molecule has 0 bridgehead atoms. The van der Waals surface area contributed by atoms with Crippen LogP contribution in [0.4, 0.5) is 0 Å². The van der Waals surface area contributed by atoms with Crippen LogP contribution in [-0.2, 0) is 38.2 Å². The maximum atomic E-state index is 12.9. The molecular formula is C36H42ClN5O6SSi. The number of aromatic nitrogens is 3. The number of amides is 1. The highest BCUT2D eigenvalue weighted by molar-refractivity contribution is 7.47. The number of halogens is 1. The number of likely N-dealkylation sites (tertiary alicyclic amines) is 1. The smallest absolute Gasteiger partial charge is 0.301 e. The summed E-state index contributed by atoms with van der Waals surface area (Å²) in [4.78, 5) is 24.5. The molecule has 3 aliphatic heterocycles. The summed E-state index contributed by atoms with van der Waals surface area (Å²) >= 11 is 12.1. The fourth-order valence-electron chi connectivity index (χ4n) is 6.79. The first-order valence-electron chi connectivity index (χ1n) is 17.1. The van der Waals surface area contributed by atoms with Gasteiger partial charge in [-0.15, -0.1) is 0 Å². The van der Waals surface area contributed by atoms with Gasteiger partial charge in [0.15, 0.2) is 17.9 Å². The molecule has 3 saturated heterocycles. The second-order valence-electron chi connectivity index (χ2n) is 14.5. The molecule has 7 rings (SSSR count). The Labute approximate surface area is 303 Å². The minimum atomic E-state index is -1.31. The topological polar surface area (TPSA) is 121 Å². The molecule has 2 aromatic carbocycles. The highest BCUT2D eigenvalue weighted by atomic mass is 35.5. The number of aliphatic hydroxyl groups excluding tert-OH is 1. The molecule has 6 atom stereocenters. The van der Waals surface area contributed by atoms with Gasteiger partial charge in [-0.1, -0.05) is 86.7 Å². The minimum Gasteiger partial charge on any atom is -0.456 e. The third kappa shape index (κ3) is 6.96. The number of nitrogens with zero attached hydrogens (tertiary/aromatic N) is 5. The Hall–Kier alpha value is -3.30. The van der Waals surface area contributed by atoms with Gasteiger partial charge >= 0.3 is 6.01 Å². The van der Waals surface area contributed by atoms with Gasteiger partial charge in [-0.25, -0.2) is 4.98 Å². The van der Waals surface area contributed by atoms with Crippen LogP contribution in [0.2, 0.25) is 30.7 Å². The number of hydrogen-bond acceptors (Lipinski definition) is 10. The lowest BCUT2D eigenvalue weighted by Crippen LogP contribution is -2.35. The maximum absolute atomic E-state index is 12.9. The van der Waals surface area contributed by atoms with E-state index in [-0.39, 0.29) is 31.8 Å². The molecule has 0 aliphatic carbocycles. The average Bonchev–Trinajstić information content (AvgIpc) is 3.85. The third-order valence-electron chi connectivity index (χ3n) is 9.71. The Morgan fingerprint density at radius 1 is 1.08 bits per heavy atom. The molecule has 11 nitrogen and oxygen atoms in total. The molecule has 2 unspecified atom stereocenters. The van der Waals surface area contributed by atoms with Gasteiger partial charge < -0.3 is 29.0 Å². The normalized spacial score (nSPS) is 24.2. The van der Waals surface area contributed by atoms with Crippen LogP contribution in [0.25, 0.3) is 33.5 Å². The van der Waals surface area contributed by atoms with Gasteiger partial charge in [0.2, 0.25) is 5.91 Å². The van der Waals surface area contributed by atoms with E-state index in [1.54, 1.807) is 11.0 Å². The number of imidazole rings is 1. The molecule has 2 aromatic heterocycles. The number of carbonyl (C=O) groups is 1. The van der Waals surface area contributed by atoms with E-state index in [0.717, 1.165) is 34.7 Å². The number of hydrogen-bond donors (Lipinski definition) is 1. The molecule has 0 spiro atoms. The van der Waals surface area contributed by atoms with Gasteiger partial charge in [-0.3, -0.25) is 9.36 Å². The summed E-state index contributed by atoms with van der Waals surface area (Å²) in [7, 11) is -1.31. The molecule has 1 amide bonds. The second kappa shape index (κ2) is 14.4. The lowest BCUT2D eigenvalue weighted by Gasteiger charge is -2.26. The molecule has 5 heterocycles. The van der Waals surface area contributed by atoms with Crippen LogP contribution in [0.1, 0.15) is 25.1 Å². The summed E-state index contributed by atoms with van der Waals surface area (Å²) in [5, 5.41) is 10.7. The van der Waals surface area contributed by atoms with E-state index in [9.17, 15) is 9.90 Å². The van der Waals surface area contributed by atoms with Crippen LogP contribution in [0.3, 0.4) is 0 Å². The molecule has 3 fully saturated rings. The third-order valence-corrected chi connectivity index (χ3v) is 11.9. The summed E-state index contributed by atoms with van der Waals surface area (Å²) in [5.41, 5.74) is 5.35. The van der Waals surface area contributed by atoms with Gasteiger partial charge in [0, 0.05) is 50.7 Å². The van der Waals surface area contributed by atoms with Crippen molar-refractivity contribution in [3.8, 4) is 28.4 Å². The van der Waals surface area contributed by atoms with Crippen molar-refractivity contribution < 1.29 is 28.8 Å². The number of pyridine rings is 1. The number of ether oxygens (including phenoxy) is 4. The zero-order chi connectivity index (χ0) is 35.2. The molecule has 1 N–H and O–H groups in total. The molecule has 3 aliphatic rings. The molecule has 14 heteroatoms. The van der Waals surface area contributed by atoms with E-state index >= 15 is 0 Å². The van der Waals surface area contributed by atoms with Crippen molar-refractivity contribution in [2.75, 3.05) is 26.4 Å². The molecule has 0 saturated carbocycles. The van der Waals surface area contributed by atoms with Crippen LogP contribution < -0.4 is 4.74 Å². The minimum absolute atomic E-state index is 0.0367. The molecular weight excluding hydrogens is 694 g/mol. The van der Waals surface area contributed by atoms with Crippen molar-refractivity contribution in [1.82, 2.24) is 19.4 Å². The number of aliphatic hydroxyl groups is 1. The van der Waals surface area contributed by atoms with E-state index in [2.05, 4.69) is 24.0 Å². The maximum Gasteiger partial charge on any atom is 0.301 e. The van der Waals surface area contributed by atoms with Crippen molar-refractivity contribution in [2.45, 2.75) is 76.3 Å². The lowest BCUT2D eigenvalue weighted by molar-refractivity contribution is -0.132. The zero-order valence-corrected chi connectivity index (χ0v) is 31.2. The Balaban J connectivity index is 1.19. The first-order valence-corrected chi connectivity index (χ1v) is 21.5. The second-order valence-corrected chi connectivity index (χ2v) is 20.8. The van der Waals surface area contributed by atoms with Gasteiger partial charge in [0.1, 0.15) is 30.6 Å². The van der Waals surface area contributed by atoms with E-state index in [0.29, 0.717) is 41.0 Å². The first kappa shape index (κ1) is 35.1. The first-order chi connectivity index (χ1) is 24.0. The van der Waals surface area contributed by atoms with Crippen molar-refractivity contribution in [1.29, 1.82) is 0 Å². The SMILES string of the molecule is CC1CCN(C(N=S)c2ccccc2-c2ccc(-c3nc4c(cc3Cl)nc(O[C@@H]3CO[C@H]5[C@@H]3OC[C@H]5O)n4COCC[Si](C)(C)C)cc2)C1=O. The Kier molecular flexibility index (Phi) is 10.1. The Bertz CT molecular complexity index is 1890. The van der Waals surface area contributed by atoms with Gasteiger partial charge in [0.25, 0.3) is 0 Å². The van der Waals surface area contributed by atoms with Crippen molar-refractivity contribution in [3.63, 3.8) is 0 Å². The predicted molar refractivity (Wildman–Crippen MR) is 195 cm³/mol. The number of carbonyl (C=O) groups excluding carboxylic acids is 1. The summed E-state index contributed by atoms with van der Waals surface area (Å²) < 4.78 is 30.2. The van der Waals surface area contributed by atoms with Gasteiger partial charge in [0.05, 0.1) is 23.9 Å². The fourth-order valence-corrected chi connectivity index (χ4v) is 8.03. The highest BCUT2D eigenvalue weighted by Gasteiger charge is 2.49. The van der Waals surface area contributed by atoms with E-state index in [1.165, 1.54) is 0 Å². The monoisotopic (exact) mass is 735 g/mol. The van der Waals surface area contributed by atoms with Crippen LogP contribution in [0, 0.1) is 5.92 Å². The van der Waals surface area contributed by atoms with Crippen molar-refractivity contribution >= 4 is 49.2 Å². The Morgan fingerprint density at radius 2 is 1.82 bits per heavy atom. The fraction of sp³-hybridized carbons (Fsp3) is 0.472. The van der Waals surface area contributed by atoms with Crippen LogP contribution >= 0.6 is 11.6 Å².